The van der Waals surface area contributed by atoms with Gasteiger partial charge in [-0.1, -0.05) is 6.07 Å². The number of nitro groups is 1. The Morgan fingerprint density at radius 3 is 2.81 bits per heavy atom. The molecule has 0 saturated carbocycles. The molecule has 1 aromatic heterocycles. The second-order valence-corrected chi connectivity index (χ2v) is 4.46. The maximum Gasteiger partial charge on any atom is 0.346 e. The Hall–Kier alpha value is -2.75. The fraction of sp³-hybridized carbons (Fsp3) is 0. The van der Waals surface area contributed by atoms with Crippen LogP contribution in [0.1, 0.15) is 10.4 Å². The lowest BCUT2D eigenvalue weighted by molar-refractivity contribution is -0.385. The van der Waals surface area contributed by atoms with E-state index in [9.17, 15) is 19.7 Å². The molecule has 9 nitrogen and oxygen atoms in total. The lowest BCUT2D eigenvalue weighted by Gasteiger charge is -2.08. The molecule has 0 spiro atoms. The van der Waals surface area contributed by atoms with Gasteiger partial charge in [-0.05, 0) is 22.0 Å². The van der Waals surface area contributed by atoms with E-state index in [0.29, 0.717) is 0 Å². The molecule has 0 saturated heterocycles. The lowest BCUT2D eigenvalue weighted by Crippen LogP contribution is -2.10. The van der Waals surface area contributed by atoms with Gasteiger partial charge in [0.15, 0.2) is 11.3 Å². The summed E-state index contributed by atoms with van der Waals surface area (Å²) in [5.41, 5.74) is -1.79. The van der Waals surface area contributed by atoms with Crippen LogP contribution >= 0.6 is 15.9 Å². The smallest absolute Gasteiger partial charge is 0.346 e. The van der Waals surface area contributed by atoms with Crippen molar-refractivity contribution in [2.75, 3.05) is 0 Å². The molecule has 0 radical (unpaired) electrons. The standard InChI is InChI=1S/C11H6BrN3O6/c12-8-9(16)13-4-14-10(8)21-6-3-1-2-5(15(19)20)7(6)11(17)18/h1-4H,(H,17,18)(H,13,14,16). The number of halogens is 1. The molecule has 0 amide bonds. The van der Waals surface area contributed by atoms with Gasteiger partial charge in [-0.15, -0.1) is 0 Å². The van der Waals surface area contributed by atoms with Crippen LogP contribution in [0, 0.1) is 10.1 Å². The van der Waals surface area contributed by atoms with Crippen molar-refractivity contribution in [3.63, 3.8) is 0 Å². The summed E-state index contributed by atoms with van der Waals surface area (Å²) in [4.78, 5) is 38.6. The maximum absolute atomic E-state index is 11.4. The topological polar surface area (TPSA) is 135 Å². The normalized spacial score (nSPS) is 10.1. The molecule has 0 aliphatic rings. The predicted molar refractivity (Wildman–Crippen MR) is 72.7 cm³/mol. The third kappa shape index (κ3) is 2.89. The number of hydrogen-bond acceptors (Lipinski definition) is 6. The summed E-state index contributed by atoms with van der Waals surface area (Å²) in [6.07, 6.45) is 1.06. The predicted octanol–water partition coefficient (Wildman–Crippen LogP) is 1.93. The molecule has 0 aliphatic carbocycles. The summed E-state index contributed by atoms with van der Waals surface area (Å²) < 4.78 is 5.15. The maximum atomic E-state index is 11.4. The highest BCUT2D eigenvalue weighted by atomic mass is 79.9. The average Bonchev–Trinajstić information content (AvgIpc) is 2.43. The minimum Gasteiger partial charge on any atom is -0.477 e. The first-order valence-electron chi connectivity index (χ1n) is 5.33. The average molecular weight is 356 g/mol. The molecule has 2 rings (SSSR count). The molecule has 0 unspecified atom stereocenters. The Labute approximate surface area is 124 Å². The van der Waals surface area contributed by atoms with Crippen molar-refractivity contribution in [3.05, 3.63) is 55.0 Å². The highest BCUT2D eigenvalue weighted by molar-refractivity contribution is 9.10. The van der Waals surface area contributed by atoms with E-state index < -0.39 is 27.7 Å². The molecule has 0 aliphatic heterocycles. The van der Waals surface area contributed by atoms with Gasteiger partial charge < -0.3 is 14.8 Å². The molecule has 108 valence electrons. The first kappa shape index (κ1) is 14.7. The number of H-pyrrole nitrogens is 1. The van der Waals surface area contributed by atoms with Crippen molar-refractivity contribution in [1.82, 2.24) is 9.97 Å². The third-order valence-corrected chi connectivity index (χ3v) is 3.09. The Morgan fingerprint density at radius 2 is 2.19 bits per heavy atom. The van der Waals surface area contributed by atoms with E-state index in [-0.39, 0.29) is 16.1 Å². The van der Waals surface area contributed by atoms with Crippen molar-refractivity contribution in [2.24, 2.45) is 0 Å². The SMILES string of the molecule is O=C(O)c1c(Oc2nc[nH]c(=O)c2Br)cccc1[N+](=O)[O-]. The monoisotopic (exact) mass is 355 g/mol. The number of aromatic carboxylic acids is 1. The van der Waals surface area contributed by atoms with Crippen LogP contribution in [0.25, 0.3) is 0 Å². The van der Waals surface area contributed by atoms with Crippen LogP contribution in [0.15, 0.2) is 33.8 Å². The first-order chi connectivity index (χ1) is 9.91. The molecule has 10 heteroatoms. The van der Waals surface area contributed by atoms with Crippen molar-refractivity contribution in [3.8, 4) is 11.6 Å². The summed E-state index contributed by atoms with van der Waals surface area (Å²) in [6.45, 7) is 0. The number of nitrogens with one attached hydrogen (secondary N) is 1. The molecule has 1 heterocycles. The fourth-order valence-electron chi connectivity index (χ4n) is 1.51. The van der Waals surface area contributed by atoms with Gasteiger partial charge in [-0.2, -0.15) is 0 Å². The van der Waals surface area contributed by atoms with Gasteiger partial charge in [0.1, 0.15) is 4.47 Å². The Balaban J connectivity index is 2.57. The zero-order valence-electron chi connectivity index (χ0n) is 10.1. The van der Waals surface area contributed by atoms with Crippen LogP contribution in [0.3, 0.4) is 0 Å². The van der Waals surface area contributed by atoms with E-state index in [4.69, 9.17) is 9.84 Å². The van der Waals surface area contributed by atoms with Gasteiger partial charge in [-0.3, -0.25) is 14.9 Å². The van der Waals surface area contributed by atoms with Gasteiger partial charge in [0.25, 0.3) is 11.2 Å². The number of aromatic amines is 1. The van der Waals surface area contributed by atoms with Crippen molar-refractivity contribution < 1.29 is 19.6 Å². The van der Waals surface area contributed by atoms with E-state index in [2.05, 4.69) is 25.9 Å². The molecule has 2 aromatic rings. The minimum atomic E-state index is -1.53. The molecule has 1 aromatic carbocycles. The lowest BCUT2D eigenvalue weighted by atomic mass is 10.1. The quantitative estimate of drug-likeness (QED) is 0.631. The first-order valence-corrected chi connectivity index (χ1v) is 6.13. The minimum absolute atomic E-state index is 0.0622. The zero-order valence-corrected chi connectivity index (χ0v) is 11.7. The van der Waals surface area contributed by atoms with E-state index in [1.54, 1.807) is 0 Å². The van der Waals surface area contributed by atoms with Crippen LogP contribution in [0.2, 0.25) is 0 Å². The second kappa shape index (κ2) is 5.71. The second-order valence-electron chi connectivity index (χ2n) is 3.67. The zero-order chi connectivity index (χ0) is 15.6. The number of ether oxygens (including phenoxy) is 1. The summed E-state index contributed by atoms with van der Waals surface area (Å²) in [5.74, 6) is -2.03. The van der Waals surface area contributed by atoms with Crippen molar-refractivity contribution in [2.45, 2.75) is 0 Å². The van der Waals surface area contributed by atoms with Crippen LogP contribution in [-0.2, 0) is 0 Å². The summed E-state index contributed by atoms with van der Waals surface area (Å²) in [5, 5.41) is 20.0. The van der Waals surface area contributed by atoms with Crippen molar-refractivity contribution >= 4 is 27.6 Å². The van der Waals surface area contributed by atoms with Crippen molar-refractivity contribution in [1.29, 1.82) is 0 Å². The highest BCUT2D eigenvalue weighted by Gasteiger charge is 2.25. The number of nitrogens with zero attached hydrogens (tertiary/aromatic N) is 2. The molecule has 0 atom stereocenters. The van der Waals surface area contributed by atoms with Gasteiger partial charge in [0.05, 0.1) is 11.3 Å². The molecule has 2 N–H and O–H groups in total. The van der Waals surface area contributed by atoms with Gasteiger partial charge in [-0.25, -0.2) is 9.78 Å². The van der Waals surface area contributed by atoms with Crippen LogP contribution in [-0.4, -0.2) is 26.0 Å². The molecule has 21 heavy (non-hydrogen) atoms. The Bertz CT molecular complexity index is 788. The number of carbonyl (C=O) groups is 1. The number of nitro benzene ring substituents is 1. The van der Waals surface area contributed by atoms with Gasteiger partial charge >= 0.3 is 5.97 Å². The number of carboxylic acids is 1. The fourth-order valence-corrected chi connectivity index (χ4v) is 1.81. The Kier molecular flexibility index (Phi) is 3.98. The van der Waals surface area contributed by atoms with E-state index >= 15 is 0 Å². The molecular weight excluding hydrogens is 350 g/mol. The van der Waals surface area contributed by atoms with Crippen LogP contribution in [0.4, 0.5) is 5.69 Å². The van der Waals surface area contributed by atoms with Gasteiger partial charge in [0.2, 0.25) is 5.88 Å². The summed E-state index contributed by atoms with van der Waals surface area (Å²) >= 11 is 2.93. The number of rotatable bonds is 4. The van der Waals surface area contributed by atoms with Gasteiger partial charge in [0, 0.05) is 6.07 Å². The number of carboxylic acid groups (broad SMARTS) is 1. The van der Waals surface area contributed by atoms with E-state index in [0.717, 1.165) is 12.4 Å². The largest absolute Gasteiger partial charge is 0.477 e. The van der Waals surface area contributed by atoms with E-state index in [1.165, 1.54) is 12.1 Å². The summed E-state index contributed by atoms with van der Waals surface area (Å²) in [6, 6.07) is 3.53. The summed E-state index contributed by atoms with van der Waals surface area (Å²) in [7, 11) is 0. The van der Waals surface area contributed by atoms with Crippen LogP contribution in [0.5, 0.6) is 11.6 Å². The van der Waals surface area contributed by atoms with E-state index in [1.807, 2.05) is 0 Å². The Morgan fingerprint density at radius 1 is 1.48 bits per heavy atom. The molecule has 0 fully saturated rings. The van der Waals surface area contributed by atoms with Crippen LogP contribution < -0.4 is 10.3 Å². The molecule has 0 bridgehead atoms. The number of hydrogen-bond donors (Lipinski definition) is 2. The molecular formula is C11H6BrN3O6. The number of aromatic nitrogens is 2. The third-order valence-electron chi connectivity index (χ3n) is 2.39. The number of benzene rings is 1. The highest BCUT2D eigenvalue weighted by Crippen LogP contribution is 2.32.